The lowest BCUT2D eigenvalue weighted by Crippen LogP contribution is -2.22. The van der Waals surface area contributed by atoms with Gasteiger partial charge in [0, 0.05) is 33.3 Å². The van der Waals surface area contributed by atoms with Crippen molar-refractivity contribution < 1.29 is 4.79 Å². The number of aromatic nitrogens is 2. The third-order valence-corrected chi connectivity index (χ3v) is 2.34. The topological polar surface area (TPSA) is 50.5 Å². The van der Waals surface area contributed by atoms with Crippen molar-refractivity contribution in [2.45, 2.75) is 19.5 Å². The van der Waals surface area contributed by atoms with Crippen molar-refractivity contribution in [1.82, 2.24) is 14.7 Å². The molecule has 15 heavy (non-hydrogen) atoms. The molecule has 0 saturated carbocycles. The van der Waals surface area contributed by atoms with E-state index in [1.807, 2.05) is 17.0 Å². The summed E-state index contributed by atoms with van der Waals surface area (Å²) >= 11 is 0. The summed E-state index contributed by atoms with van der Waals surface area (Å²) in [7, 11) is 3.45. The molecule has 2 rings (SSSR count). The Hall–Kier alpha value is -1.65. The van der Waals surface area contributed by atoms with E-state index in [0.29, 0.717) is 12.2 Å². The second kappa shape index (κ2) is 3.84. The fraction of sp³-hybridized carbons (Fsp3) is 0.500. The zero-order valence-electron chi connectivity index (χ0n) is 8.97. The summed E-state index contributed by atoms with van der Waals surface area (Å²) in [5, 5.41) is 4.28. The van der Waals surface area contributed by atoms with Gasteiger partial charge in [0.25, 0.3) is 5.91 Å². The van der Waals surface area contributed by atoms with E-state index in [1.54, 1.807) is 14.1 Å². The summed E-state index contributed by atoms with van der Waals surface area (Å²) < 4.78 is 1.86. The average Bonchev–Trinajstić information content (AvgIpc) is 2.49. The van der Waals surface area contributed by atoms with Gasteiger partial charge in [0.05, 0.1) is 12.2 Å². The maximum absolute atomic E-state index is 11.7. The molecule has 0 spiro atoms. The zero-order valence-corrected chi connectivity index (χ0v) is 8.97. The standard InChI is InChI=1S/C10H14N4O/c1-13(2)10(15)9-6-8-7-11-4-3-5-14(8)12-9/h4,6H,3,5,7H2,1-2H3. The van der Waals surface area contributed by atoms with Gasteiger partial charge in [0.15, 0.2) is 5.69 Å². The molecule has 1 aromatic rings. The van der Waals surface area contributed by atoms with Crippen LogP contribution in [0, 0.1) is 0 Å². The number of fused-ring (bicyclic) bond motifs is 1. The lowest BCUT2D eigenvalue weighted by molar-refractivity contribution is 0.0821. The van der Waals surface area contributed by atoms with Crippen LogP contribution < -0.4 is 0 Å². The van der Waals surface area contributed by atoms with Crippen molar-refractivity contribution in [2.24, 2.45) is 4.99 Å². The molecule has 0 radical (unpaired) electrons. The lowest BCUT2D eigenvalue weighted by Gasteiger charge is -2.06. The highest BCUT2D eigenvalue weighted by atomic mass is 16.2. The van der Waals surface area contributed by atoms with Crippen molar-refractivity contribution >= 4 is 12.1 Å². The fourth-order valence-electron chi connectivity index (χ4n) is 1.54. The van der Waals surface area contributed by atoms with Crippen LogP contribution in [-0.4, -0.2) is 40.9 Å². The molecular formula is C10H14N4O. The summed E-state index contributed by atoms with van der Waals surface area (Å²) in [4.78, 5) is 17.4. The molecular weight excluding hydrogens is 192 g/mol. The van der Waals surface area contributed by atoms with Crippen LogP contribution in [0.2, 0.25) is 0 Å². The van der Waals surface area contributed by atoms with Gasteiger partial charge in [-0.2, -0.15) is 5.10 Å². The first kappa shape index (κ1) is 9.89. The number of rotatable bonds is 1. The molecule has 1 aliphatic rings. The van der Waals surface area contributed by atoms with Crippen molar-refractivity contribution in [3.8, 4) is 0 Å². The van der Waals surface area contributed by atoms with E-state index in [9.17, 15) is 4.79 Å². The van der Waals surface area contributed by atoms with Crippen LogP contribution in [0.5, 0.6) is 0 Å². The highest BCUT2D eigenvalue weighted by molar-refractivity contribution is 5.92. The molecule has 80 valence electrons. The van der Waals surface area contributed by atoms with Gasteiger partial charge in [0.2, 0.25) is 0 Å². The minimum Gasteiger partial charge on any atom is -0.343 e. The summed E-state index contributed by atoms with van der Waals surface area (Å²) in [6, 6.07) is 1.82. The summed E-state index contributed by atoms with van der Waals surface area (Å²) in [5.41, 5.74) is 1.51. The number of hydrogen-bond acceptors (Lipinski definition) is 3. The summed E-state index contributed by atoms with van der Waals surface area (Å²) in [6.45, 7) is 1.42. The Labute approximate surface area is 88.4 Å². The number of carbonyl (C=O) groups excluding carboxylic acids is 1. The van der Waals surface area contributed by atoms with Crippen LogP contribution in [0.4, 0.5) is 0 Å². The van der Waals surface area contributed by atoms with Gasteiger partial charge in [-0.05, 0) is 6.07 Å². The molecule has 0 N–H and O–H groups in total. The van der Waals surface area contributed by atoms with Crippen LogP contribution in [-0.2, 0) is 13.1 Å². The van der Waals surface area contributed by atoms with Gasteiger partial charge >= 0.3 is 0 Å². The lowest BCUT2D eigenvalue weighted by atomic mass is 10.3. The molecule has 1 aliphatic heterocycles. The second-order valence-electron chi connectivity index (χ2n) is 3.76. The Kier molecular flexibility index (Phi) is 2.53. The zero-order chi connectivity index (χ0) is 10.8. The number of aryl methyl sites for hydroxylation is 1. The smallest absolute Gasteiger partial charge is 0.273 e. The third-order valence-electron chi connectivity index (χ3n) is 2.34. The van der Waals surface area contributed by atoms with Gasteiger partial charge in [-0.1, -0.05) is 0 Å². The van der Waals surface area contributed by atoms with Crippen LogP contribution in [0.25, 0.3) is 0 Å². The van der Waals surface area contributed by atoms with Crippen LogP contribution in [0.15, 0.2) is 11.1 Å². The molecule has 0 atom stereocenters. The van der Waals surface area contributed by atoms with Crippen LogP contribution in [0.1, 0.15) is 22.6 Å². The van der Waals surface area contributed by atoms with Gasteiger partial charge in [0.1, 0.15) is 0 Å². The molecule has 1 amide bonds. The predicted molar refractivity (Wildman–Crippen MR) is 57.1 cm³/mol. The van der Waals surface area contributed by atoms with E-state index in [1.165, 1.54) is 4.90 Å². The van der Waals surface area contributed by atoms with E-state index >= 15 is 0 Å². The fourth-order valence-corrected chi connectivity index (χ4v) is 1.54. The Morgan fingerprint density at radius 1 is 1.53 bits per heavy atom. The molecule has 0 saturated heterocycles. The van der Waals surface area contributed by atoms with E-state index in [-0.39, 0.29) is 5.91 Å². The maximum atomic E-state index is 11.7. The van der Waals surface area contributed by atoms with E-state index in [4.69, 9.17) is 0 Å². The number of nitrogens with zero attached hydrogens (tertiary/aromatic N) is 4. The molecule has 0 bridgehead atoms. The van der Waals surface area contributed by atoms with Crippen molar-refractivity contribution in [1.29, 1.82) is 0 Å². The minimum absolute atomic E-state index is 0.0560. The van der Waals surface area contributed by atoms with Gasteiger partial charge in [-0.25, -0.2) is 0 Å². The van der Waals surface area contributed by atoms with Crippen LogP contribution in [0.3, 0.4) is 0 Å². The second-order valence-corrected chi connectivity index (χ2v) is 3.76. The molecule has 1 aromatic heterocycles. The normalized spacial score (nSPS) is 14.5. The molecule has 0 aromatic carbocycles. The molecule has 0 aliphatic carbocycles. The molecule has 0 unspecified atom stereocenters. The Balaban J connectivity index is 2.29. The third kappa shape index (κ3) is 1.91. The molecule has 2 heterocycles. The Morgan fingerprint density at radius 2 is 2.33 bits per heavy atom. The van der Waals surface area contributed by atoms with E-state index < -0.39 is 0 Å². The number of carbonyl (C=O) groups is 1. The number of hydrogen-bond donors (Lipinski definition) is 0. The largest absolute Gasteiger partial charge is 0.343 e. The Bertz CT molecular complexity index is 406. The first-order valence-electron chi connectivity index (χ1n) is 4.95. The summed E-state index contributed by atoms with van der Waals surface area (Å²) in [5.74, 6) is -0.0560. The molecule has 5 nitrogen and oxygen atoms in total. The number of aliphatic imine (C=N–C) groups is 1. The number of amides is 1. The highest BCUT2D eigenvalue weighted by Gasteiger charge is 2.15. The average molecular weight is 206 g/mol. The minimum atomic E-state index is -0.0560. The Morgan fingerprint density at radius 3 is 3.07 bits per heavy atom. The first-order chi connectivity index (χ1) is 7.18. The predicted octanol–water partition coefficient (Wildman–Crippen LogP) is 0.559. The van der Waals surface area contributed by atoms with Crippen molar-refractivity contribution in [2.75, 3.05) is 14.1 Å². The monoisotopic (exact) mass is 206 g/mol. The maximum Gasteiger partial charge on any atom is 0.273 e. The SMILES string of the molecule is CN(C)C(=O)c1cc2n(n1)CCC=NC2. The van der Waals surface area contributed by atoms with Gasteiger partial charge in [-0.3, -0.25) is 14.5 Å². The first-order valence-corrected chi connectivity index (χ1v) is 4.95. The van der Waals surface area contributed by atoms with Crippen molar-refractivity contribution in [3.63, 3.8) is 0 Å². The molecule has 0 fully saturated rings. The van der Waals surface area contributed by atoms with Gasteiger partial charge < -0.3 is 4.90 Å². The quantitative estimate of drug-likeness (QED) is 0.674. The van der Waals surface area contributed by atoms with E-state index in [2.05, 4.69) is 10.1 Å². The summed E-state index contributed by atoms with van der Waals surface area (Å²) in [6.07, 6.45) is 2.78. The highest BCUT2D eigenvalue weighted by Crippen LogP contribution is 2.10. The van der Waals surface area contributed by atoms with Crippen molar-refractivity contribution in [3.05, 3.63) is 17.5 Å². The van der Waals surface area contributed by atoms with E-state index in [0.717, 1.165) is 18.7 Å². The molecule has 5 heteroatoms. The van der Waals surface area contributed by atoms with Gasteiger partial charge in [-0.15, -0.1) is 0 Å². The van der Waals surface area contributed by atoms with Crippen LogP contribution >= 0.6 is 0 Å².